The smallest absolute Gasteiger partial charge is 0.257 e. The average Bonchev–Trinajstić information content (AvgIpc) is 2.82. The van der Waals surface area contributed by atoms with Crippen molar-refractivity contribution >= 4 is 17.5 Å². The fourth-order valence-electron chi connectivity index (χ4n) is 4.36. The summed E-state index contributed by atoms with van der Waals surface area (Å²) in [5.74, 6) is 0.391. The van der Waals surface area contributed by atoms with Crippen LogP contribution in [0.5, 0.6) is 5.75 Å². The van der Waals surface area contributed by atoms with Crippen LogP contribution in [0, 0.1) is 5.92 Å². The van der Waals surface area contributed by atoms with Crippen molar-refractivity contribution in [3.63, 3.8) is 0 Å². The molecule has 0 aliphatic carbocycles. The third-order valence-corrected chi connectivity index (χ3v) is 6.43. The highest BCUT2D eigenvalue weighted by Gasteiger charge is 2.28. The van der Waals surface area contributed by atoms with Gasteiger partial charge in [0.05, 0.1) is 11.7 Å². The molecule has 1 N–H and O–H groups in total. The number of nitrogens with one attached hydrogen (secondary N) is 1. The molecule has 2 aromatic rings. The second-order valence-electron chi connectivity index (χ2n) is 9.22. The number of anilines is 1. The highest BCUT2D eigenvalue weighted by Crippen LogP contribution is 2.27. The molecule has 7 nitrogen and oxygen atoms in total. The standard InChI is InChI=1S/C27H37N3O4/c1-19-16-30(14-13-22-9-7-6-8-10-22)20(2)18-34-25-15-23(28-21(3)31)11-12-24(25)27(32)29(4)17-26(19)33-5/h6-12,15,19-20,26H,13-14,16-18H2,1-5H3,(H,28,31)/t19-,20+,26-/m0/s1. The number of carbonyl (C=O) groups is 2. The lowest BCUT2D eigenvalue weighted by Gasteiger charge is -2.36. The SMILES string of the molecule is CO[C@H]1CN(C)C(=O)c2ccc(NC(C)=O)cc2OC[C@@H](C)N(CCc2ccccc2)C[C@@H]1C. The highest BCUT2D eigenvalue weighted by molar-refractivity contribution is 5.98. The molecule has 0 spiro atoms. The normalized spacial score (nSPS) is 22.2. The van der Waals surface area contributed by atoms with Crippen LogP contribution in [0.25, 0.3) is 0 Å². The van der Waals surface area contributed by atoms with Gasteiger partial charge in [0.25, 0.3) is 5.91 Å². The molecule has 0 saturated heterocycles. The maximum atomic E-state index is 13.3. The lowest BCUT2D eigenvalue weighted by molar-refractivity contribution is -0.114. The van der Waals surface area contributed by atoms with E-state index < -0.39 is 0 Å². The van der Waals surface area contributed by atoms with Gasteiger partial charge in [-0.25, -0.2) is 0 Å². The zero-order valence-corrected chi connectivity index (χ0v) is 20.9. The number of nitrogens with zero attached hydrogens (tertiary/aromatic N) is 2. The highest BCUT2D eigenvalue weighted by atomic mass is 16.5. The quantitative estimate of drug-likeness (QED) is 0.726. The van der Waals surface area contributed by atoms with Gasteiger partial charge in [0, 0.05) is 58.5 Å². The molecule has 3 rings (SSSR count). The summed E-state index contributed by atoms with van der Waals surface area (Å²) in [7, 11) is 3.49. The van der Waals surface area contributed by atoms with E-state index in [1.807, 2.05) is 6.07 Å². The third kappa shape index (κ3) is 6.81. The number of hydrogen-bond acceptors (Lipinski definition) is 5. The number of benzene rings is 2. The van der Waals surface area contributed by atoms with Gasteiger partial charge < -0.3 is 19.7 Å². The molecule has 1 aliphatic rings. The number of rotatable bonds is 5. The van der Waals surface area contributed by atoms with Crippen LogP contribution in [0.4, 0.5) is 5.69 Å². The van der Waals surface area contributed by atoms with Gasteiger partial charge in [-0.15, -0.1) is 0 Å². The zero-order valence-electron chi connectivity index (χ0n) is 20.9. The molecule has 3 atom stereocenters. The Morgan fingerprint density at radius 2 is 1.88 bits per heavy atom. The van der Waals surface area contributed by atoms with Crippen LogP contribution < -0.4 is 10.1 Å². The molecular weight excluding hydrogens is 430 g/mol. The van der Waals surface area contributed by atoms with E-state index in [1.54, 1.807) is 37.3 Å². The van der Waals surface area contributed by atoms with Crippen molar-refractivity contribution in [2.24, 2.45) is 5.92 Å². The van der Waals surface area contributed by atoms with E-state index in [4.69, 9.17) is 9.47 Å². The molecule has 0 radical (unpaired) electrons. The number of methoxy groups -OCH3 is 1. The minimum Gasteiger partial charge on any atom is -0.491 e. The van der Waals surface area contributed by atoms with Crippen molar-refractivity contribution in [1.29, 1.82) is 0 Å². The average molecular weight is 468 g/mol. The predicted octanol–water partition coefficient (Wildman–Crippen LogP) is 3.69. The summed E-state index contributed by atoms with van der Waals surface area (Å²) in [5.41, 5.74) is 2.38. The summed E-state index contributed by atoms with van der Waals surface area (Å²) in [4.78, 5) is 28.9. The Bertz CT molecular complexity index is 966. The largest absolute Gasteiger partial charge is 0.491 e. The van der Waals surface area contributed by atoms with Crippen molar-refractivity contribution in [1.82, 2.24) is 9.80 Å². The molecule has 0 unspecified atom stereocenters. The first-order valence-corrected chi connectivity index (χ1v) is 11.9. The summed E-state index contributed by atoms with van der Waals surface area (Å²) in [6.45, 7) is 8.40. The summed E-state index contributed by atoms with van der Waals surface area (Å²) >= 11 is 0. The molecule has 2 amide bonds. The van der Waals surface area contributed by atoms with E-state index in [2.05, 4.69) is 48.3 Å². The van der Waals surface area contributed by atoms with Crippen molar-refractivity contribution < 1.29 is 19.1 Å². The summed E-state index contributed by atoms with van der Waals surface area (Å²) in [6, 6.07) is 15.8. The number of amides is 2. The fraction of sp³-hybridized carbons (Fsp3) is 0.481. The topological polar surface area (TPSA) is 71.1 Å². The summed E-state index contributed by atoms with van der Waals surface area (Å²) in [5, 5.41) is 2.77. The number of fused-ring (bicyclic) bond motifs is 1. The third-order valence-electron chi connectivity index (χ3n) is 6.43. The Balaban J connectivity index is 1.89. The molecule has 0 fully saturated rings. The second-order valence-corrected chi connectivity index (χ2v) is 9.22. The van der Waals surface area contributed by atoms with Gasteiger partial charge in [-0.2, -0.15) is 0 Å². The van der Waals surface area contributed by atoms with Crippen molar-refractivity contribution in [2.75, 3.05) is 45.7 Å². The van der Waals surface area contributed by atoms with Crippen LogP contribution in [0.3, 0.4) is 0 Å². The lowest BCUT2D eigenvalue weighted by Crippen LogP contribution is -2.47. The van der Waals surface area contributed by atoms with Gasteiger partial charge in [0.1, 0.15) is 12.4 Å². The van der Waals surface area contributed by atoms with Crippen molar-refractivity contribution in [2.45, 2.75) is 39.3 Å². The zero-order chi connectivity index (χ0) is 24.7. The molecule has 0 saturated carbocycles. The van der Waals surface area contributed by atoms with Crippen LogP contribution in [0.1, 0.15) is 36.7 Å². The lowest BCUT2D eigenvalue weighted by atomic mass is 10.0. The Labute approximate surface area is 203 Å². The summed E-state index contributed by atoms with van der Waals surface area (Å²) in [6.07, 6.45) is 0.847. The Morgan fingerprint density at radius 1 is 1.15 bits per heavy atom. The molecule has 0 aromatic heterocycles. The summed E-state index contributed by atoms with van der Waals surface area (Å²) < 4.78 is 12.0. The minimum absolute atomic E-state index is 0.0946. The fourth-order valence-corrected chi connectivity index (χ4v) is 4.36. The van der Waals surface area contributed by atoms with Crippen LogP contribution in [0.2, 0.25) is 0 Å². The maximum Gasteiger partial charge on any atom is 0.257 e. The van der Waals surface area contributed by atoms with Crippen LogP contribution in [0.15, 0.2) is 48.5 Å². The minimum atomic E-state index is -0.172. The number of carbonyl (C=O) groups excluding carboxylic acids is 2. The molecular formula is C27H37N3O4. The Morgan fingerprint density at radius 3 is 2.56 bits per heavy atom. The van der Waals surface area contributed by atoms with Crippen molar-refractivity contribution in [3.8, 4) is 5.75 Å². The van der Waals surface area contributed by atoms with Crippen molar-refractivity contribution in [3.05, 3.63) is 59.7 Å². The Hall–Kier alpha value is -2.90. The molecule has 0 bridgehead atoms. The molecule has 34 heavy (non-hydrogen) atoms. The molecule has 7 heteroatoms. The van der Waals surface area contributed by atoms with E-state index in [-0.39, 0.29) is 29.9 Å². The molecule has 184 valence electrons. The molecule has 1 heterocycles. The number of hydrogen-bond donors (Lipinski definition) is 1. The first kappa shape index (κ1) is 25.7. The van der Waals surface area contributed by atoms with Crippen LogP contribution in [-0.4, -0.2) is 74.2 Å². The maximum absolute atomic E-state index is 13.3. The van der Waals surface area contributed by atoms with E-state index in [0.717, 1.165) is 19.5 Å². The van der Waals surface area contributed by atoms with Gasteiger partial charge in [0.15, 0.2) is 0 Å². The Kier molecular flexibility index (Phi) is 9.07. The van der Waals surface area contributed by atoms with Crippen LogP contribution >= 0.6 is 0 Å². The van der Waals surface area contributed by atoms with Gasteiger partial charge in [0.2, 0.25) is 5.91 Å². The van der Waals surface area contributed by atoms with E-state index in [9.17, 15) is 9.59 Å². The predicted molar refractivity (Wildman–Crippen MR) is 134 cm³/mol. The van der Waals surface area contributed by atoms with E-state index >= 15 is 0 Å². The van der Waals surface area contributed by atoms with Gasteiger partial charge in [-0.05, 0) is 37.0 Å². The number of likely N-dealkylation sites (N-methyl/N-ethyl adjacent to an activating group) is 1. The number of ether oxygens (including phenoxy) is 2. The van der Waals surface area contributed by atoms with Gasteiger partial charge in [-0.1, -0.05) is 37.3 Å². The monoisotopic (exact) mass is 467 g/mol. The first-order chi connectivity index (χ1) is 16.3. The van der Waals surface area contributed by atoms with Gasteiger partial charge in [-0.3, -0.25) is 14.5 Å². The van der Waals surface area contributed by atoms with Crippen LogP contribution in [-0.2, 0) is 16.0 Å². The van der Waals surface area contributed by atoms with E-state index in [0.29, 0.717) is 30.2 Å². The first-order valence-electron chi connectivity index (χ1n) is 11.9. The van der Waals surface area contributed by atoms with E-state index in [1.165, 1.54) is 12.5 Å². The molecule has 1 aliphatic heterocycles. The molecule has 2 aromatic carbocycles. The second kappa shape index (κ2) is 12.0. The van der Waals surface area contributed by atoms with Gasteiger partial charge >= 0.3 is 0 Å².